The van der Waals surface area contributed by atoms with Gasteiger partial charge in [0.25, 0.3) is 5.91 Å². The van der Waals surface area contributed by atoms with Crippen LogP contribution in [0.4, 0.5) is 18.7 Å². The molecule has 2 rings (SSSR count). The molecule has 0 saturated heterocycles. The number of halogens is 2. The summed E-state index contributed by atoms with van der Waals surface area (Å²) in [4.78, 5) is 26.6. The normalized spacial score (nSPS) is 10.5. The molecule has 1 aromatic carbocycles. The fourth-order valence-corrected chi connectivity index (χ4v) is 2.90. The molecule has 0 bridgehead atoms. The highest BCUT2D eigenvalue weighted by molar-refractivity contribution is 8.00. The van der Waals surface area contributed by atoms with Crippen LogP contribution in [0.25, 0.3) is 0 Å². The number of carbonyl (C=O) groups excluding carboxylic acids is 2. The van der Waals surface area contributed by atoms with Crippen LogP contribution in [0, 0.1) is 11.6 Å². The van der Waals surface area contributed by atoms with Gasteiger partial charge in [0.1, 0.15) is 17.2 Å². The first kappa shape index (κ1) is 17.3. The summed E-state index contributed by atoms with van der Waals surface area (Å²) in [6.07, 6.45) is 1.75. The van der Waals surface area contributed by atoms with Gasteiger partial charge >= 0.3 is 6.03 Å². The van der Waals surface area contributed by atoms with Crippen LogP contribution in [0.15, 0.2) is 22.5 Å². The molecule has 6 nitrogen and oxygen atoms in total. The molecular weight excluding hydrogens is 346 g/mol. The quantitative estimate of drug-likeness (QED) is 0.623. The van der Waals surface area contributed by atoms with Crippen molar-refractivity contribution in [2.24, 2.45) is 0 Å². The first-order chi connectivity index (χ1) is 10.9. The Hall–Kier alpha value is -2.07. The number of thioether (sulfide) groups is 1. The van der Waals surface area contributed by atoms with Crippen molar-refractivity contribution < 1.29 is 18.4 Å². The molecule has 0 N–H and O–H groups in total. The van der Waals surface area contributed by atoms with E-state index in [1.165, 1.54) is 25.9 Å². The molecule has 122 valence electrons. The molecule has 2 aromatic rings. The minimum atomic E-state index is -1.14. The number of rotatable bonds is 3. The van der Waals surface area contributed by atoms with Crippen molar-refractivity contribution in [1.82, 2.24) is 15.1 Å². The van der Waals surface area contributed by atoms with Crippen molar-refractivity contribution >= 4 is 40.2 Å². The monoisotopic (exact) mass is 358 g/mol. The Morgan fingerprint density at radius 1 is 1.17 bits per heavy atom. The van der Waals surface area contributed by atoms with Crippen molar-refractivity contribution in [2.75, 3.05) is 25.3 Å². The first-order valence-electron chi connectivity index (χ1n) is 6.24. The van der Waals surface area contributed by atoms with E-state index in [1.54, 1.807) is 6.26 Å². The fraction of sp³-hybridized carbons (Fsp3) is 0.231. The topological polar surface area (TPSA) is 66.4 Å². The summed E-state index contributed by atoms with van der Waals surface area (Å²) in [5.41, 5.74) is -0.816. The summed E-state index contributed by atoms with van der Waals surface area (Å²) < 4.78 is 28.2. The van der Waals surface area contributed by atoms with Gasteiger partial charge in [-0.25, -0.2) is 13.6 Å². The molecule has 0 aliphatic heterocycles. The van der Waals surface area contributed by atoms with Crippen molar-refractivity contribution in [2.45, 2.75) is 4.34 Å². The molecule has 1 heterocycles. The Labute approximate surface area is 139 Å². The standard InChI is InChI=1S/C13H12F2N4O2S2/c1-18(2)13(21)19(11-16-17-12(22-3)23-11)10(20)9-7(14)5-4-6-8(9)15/h4-6H,1-3H3. The summed E-state index contributed by atoms with van der Waals surface area (Å²) >= 11 is 2.25. The smallest absolute Gasteiger partial charge is 0.330 e. The molecule has 0 radical (unpaired) electrons. The van der Waals surface area contributed by atoms with Crippen LogP contribution in [0.3, 0.4) is 0 Å². The van der Waals surface area contributed by atoms with Gasteiger partial charge < -0.3 is 4.90 Å². The number of urea groups is 1. The van der Waals surface area contributed by atoms with Gasteiger partial charge in [-0.2, -0.15) is 4.90 Å². The Morgan fingerprint density at radius 3 is 2.26 bits per heavy atom. The summed E-state index contributed by atoms with van der Waals surface area (Å²) in [5.74, 6) is -3.24. The van der Waals surface area contributed by atoms with Gasteiger partial charge in [-0.15, -0.1) is 10.2 Å². The minimum absolute atomic E-state index is 0.0549. The van der Waals surface area contributed by atoms with Crippen LogP contribution in [0.5, 0.6) is 0 Å². The molecule has 0 aliphatic rings. The molecule has 3 amide bonds. The SMILES string of the molecule is CSc1nnc(N(C(=O)c2c(F)cccc2F)C(=O)N(C)C)s1. The van der Waals surface area contributed by atoms with Crippen LogP contribution in [-0.2, 0) is 0 Å². The highest BCUT2D eigenvalue weighted by atomic mass is 32.2. The molecule has 10 heteroatoms. The number of nitrogens with zero attached hydrogens (tertiary/aromatic N) is 4. The number of aromatic nitrogens is 2. The second-order valence-electron chi connectivity index (χ2n) is 4.47. The highest BCUT2D eigenvalue weighted by Crippen LogP contribution is 2.29. The molecule has 0 unspecified atom stereocenters. The van der Waals surface area contributed by atoms with Crippen molar-refractivity contribution in [3.63, 3.8) is 0 Å². The lowest BCUT2D eigenvalue weighted by Gasteiger charge is -2.21. The predicted octanol–water partition coefficient (Wildman–Crippen LogP) is 2.87. The lowest BCUT2D eigenvalue weighted by Crippen LogP contribution is -2.44. The van der Waals surface area contributed by atoms with Crippen LogP contribution < -0.4 is 4.90 Å². The summed E-state index contributed by atoms with van der Waals surface area (Å²) in [6, 6.07) is 2.25. The summed E-state index contributed by atoms with van der Waals surface area (Å²) in [6.45, 7) is 0. The first-order valence-corrected chi connectivity index (χ1v) is 8.28. The molecule has 0 spiro atoms. The average Bonchev–Trinajstić information content (AvgIpc) is 2.95. The van der Waals surface area contributed by atoms with E-state index in [1.807, 2.05) is 0 Å². The van der Waals surface area contributed by atoms with Crippen molar-refractivity contribution in [3.05, 3.63) is 35.4 Å². The van der Waals surface area contributed by atoms with E-state index in [2.05, 4.69) is 10.2 Å². The second kappa shape index (κ2) is 7.01. The Kier molecular flexibility index (Phi) is 5.26. The number of amides is 3. The number of carbonyl (C=O) groups is 2. The van der Waals surface area contributed by atoms with E-state index in [4.69, 9.17) is 0 Å². The van der Waals surface area contributed by atoms with Crippen molar-refractivity contribution in [3.8, 4) is 0 Å². The van der Waals surface area contributed by atoms with Gasteiger partial charge in [0.15, 0.2) is 4.34 Å². The van der Waals surface area contributed by atoms with E-state index in [9.17, 15) is 18.4 Å². The third-order valence-corrected chi connectivity index (χ3v) is 4.60. The maximum Gasteiger partial charge on any atom is 0.333 e. The van der Waals surface area contributed by atoms with Crippen LogP contribution >= 0.6 is 23.1 Å². The number of benzene rings is 1. The third kappa shape index (κ3) is 3.48. The van der Waals surface area contributed by atoms with Crippen molar-refractivity contribution in [1.29, 1.82) is 0 Å². The van der Waals surface area contributed by atoms with E-state index < -0.39 is 29.1 Å². The zero-order chi connectivity index (χ0) is 17.1. The summed E-state index contributed by atoms with van der Waals surface area (Å²) in [5, 5.41) is 7.50. The summed E-state index contributed by atoms with van der Waals surface area (Å²) in [7, 11) is 2.83. The predicted molar refractivity (Wildman–Crippen MR) is 83.9 cm³/mol. The van der Waals surface area contributed by atoms with E-state index in [-0.39, 0.29) is 5.13 Å². The third-order valence-electron chi connectivity index (χ3n) is 2.72. The van der Waals surface area contributed by atoms with E-state index in [0.717, 1.165) is 34.4 Å². The molecule has 0 fully saturated rings. The molecule has 0 saturated carbocycles. The lowest BCUT2D eigenvalue weighted by atomic mass is 10.1. The van der Waals surface area contributed by atoms with Gasteiger partial charge in [-0.1, -0.05) is 29.2 Å². The maximum absolute atomic E-state index is 13.9. The fourth-order valence-electron chi connectivity index (χ4n) is 1.64. The molecule has 1 aromatic heterocycles. The average molecular weight is 358 g/mol. The second-order valence-corrected chi connectivity index (χ2v) is 6.48. The number of imide groups is 1. The molecule has 0 atom stereocenters. The number of hydrogen-bond acceptors (Lipinski definition) is 6. The molecule has 0 aliphatic carbocycles. The zero-order valence-electron chi connectivity index (χ0n) is 12.4. The minimum Gasteiger partial charge on any atom is -0.330 e. The highest BCUT2D eigenvalue weighted by Gasteiger charge is 2.32. The zero-order valence-corrected chi connectivity index (χ0v) is 14.0. The van der Waals surface area contributed by atoms with E-state index >= 15 is 0 Å². The van der Waals surface area contributed by atoms with Gasteiger partial charge in [-0.05, 0) is 18.4 Å². The van der Waals surface area contributed by atoms with Gasteiger partial charge in [0, 0.05) is 14.1 Å². The number of hydrogen-bond donors (Lipinski definition) is 0. The van der Waals surface area contributed by atoms with Gasteiger partial charge in [0.2, 0.25) is 5.13 Å². The van der Waals surface area contributed by atoms with Gasteiger partial charge in [-0.3, -0.25) is 4.79 Å². The lowest BCUT2D eigenvalue weighted by molar-refractivity contribution is 0.0980. The Morgan fingerprint density at radius 2 is 1.78 bits per heavy atom. The molecule has 23 heavy (non-hydrogen) atoms. The van der Waals surface area contributed by atoms with Crippen LogP contribution in [0.2, 0.25) is 0 Å². The van der Waals surface area contributed by atoms with Gasteiger partial charge in [0.05, 0.1) is 0 Å². The Bertz CT molecular complexity index is 731. The largest absolute Gasteiger partial charge is 0.333 e. The Balaban J connectivity index is 2.53. The van der Waals surface area contributed by atoms with Crippen LogP contribution in [0.1, 0.15) is 10.4 Å². The van der Waals surface area contributed by atoms with E-state index in [0.29, 0.717) is 9.24 Å². The molecular formula is C13H12F2N4O2S2. The number of anilines is 1. The maximum atomic E-state index is 13.9. The van der Waals surface area contributed by atoms with Crippen LogP contribution in [-0.4, -0.2) is 47.4 Å².